The fourth-order valence-corrected chi connectivity index (χ4v) is 5.69. The quantitative estimate of drug-likeness (QED) is 0.212. The van der Waals surface area contributed by atoms with Gasteiger partial charge in [0.25, 0.3) is 0 Å². The molecule has 0 amide bonds. The Bertz CT molecular complexity index is 780. The lowest BCUT2D eigenvalue weighted by Gasteiger charge is -2.36. The summed E-state index contributed by atoms with van der Waals surface area (Å²) >= 11 is 0. The number of rotatable bonds is 10. The first kappa shape index (κ1) is 32.7. The normalized spacial score (nSPS) is 36.3. The van der Waals surface area contributed by atoms with Gasteiger partial charge in [-0.2, -0.15) is 0 Å². The van der Waals surface area contributed by atoms with Gasteiger partial charge in [-0.05, 0) is 69.6 Å². The van der Waals surface area contributed by atoms with E-state index in [-0.39, 0.29) is 61.4 Å². The molecule has 0 aromatic carbocycles. The molecule has 2 heterocycles. The summed E-state index contributed by atoms with van der Waals surface area (Å²) in [6.45, 7) is 13.2. The van der Waals surface area contributed by atoms with Gasteiger partial charge in [0.2, 0.25) is 0 Å². The number of epoxide rings is 1. The van der Waals surface area contributed by atoms with Crippen LogP contribution in [0.25, 0.3) is 0 Å². The number of aliphatic hydroxyl groups excluding tert-OH is 2. The van der Waals surface area contributed by atoms with Crippen molar-refractivity contribution in [2.45, 2.75) is 142 Å². The van der Waals surface area contributed by atoms with Crippen LogP contribution in [0.2, 0.25) is 0 Å². The van der Waals surface area contributed by atoms with Crippen LogP contribution in [0.5, 0.6) is 0 Å². The molecular weight excluding hydrogens is 488 g/mol. The molecule has 8 nitrogen and oxygen atoms in total. The molecule has 0 aromatic rings. The van der Waals surface area contributed by atoms with Gasteiger partial charge in [-0.3, -0.25) is 9.59 Å². The van der Waals surface area contributed by atoms with Crippen molar-refractivity contribution in [2.24, 2.45) is 23.7 Å². The van der Waals surface area contributed by atoms with Crippen molar-refractivity contribution in [1.29, 1.82) is 0 Å². The lowest BCUT2D eigenvalue weighted by atomic mass is 9.83. The molecule has 2 fully saturated rings. The van der Waals surface area contributed by atoms with Crippen LogP contribution >= 0.6 is 0 Å². The zero-order chi connectivity index (χ0) is 28.6. The molecule has 0 radical (unpaired) electrons. The predicted octanol–water partition coefficient (Wildman–Crippen LogP) is 4.33. The molecule has 2 aliphatic rings. The molecule has 0 aliphatic carbocycles. The van der Waals surface area contributed by atoms with Gasteiger partial charge in [-0.1, -0.05) is 46.8 Å². The van der Waals surface area contributed by atoms with E-state index >= 15 is 0 Å². The SMILES string of the molecule is CCC(O)C(C)C1OC1CC(C)C=CCC(C)C1OC(=O)CC(O)CCC(C)(O)C(OC(C)=O)CCC1C. The zero-order valence-electron chi connectivity index (χ0n) is 24.5. The van der Waals surface area contributed by atoms with Crippen LogP contribution in [0.15, 0.2) is 12.2 Å². The molecule has 2 saturated heterocycles. The molecule has 220 valence electrons. The van der Waals surface area contributed by atoms with Crippen molar-refractivity contribution in [3.63, 3.8) is 0 Å². The molecule has 8 heteroatoms. The second kappa shape index (κ2) is 14.8. The van der Waals surface area contributed by atoms with Crippen LogP contribution < -0.4 is 0 Å². The lowest BCUT2D eigenvalue weighted by Crippen LogP contribution is -2.44. The van der Waals surface area contributed by atoms with Gasteiger partial charge in [0.05, 0.1) is 36.4 Å². The number of esters is 2. The molecule has 0 aromatic heterocycles. The molecule has 38 heavy (non-hydrogen) atoms. The minimum absolute atomic E-state index is 0.0303. The lowest BCUT2D eigenvalue weighted by molar-refractivity contribution is -0.166. The monoisotopic (exact) mass is 540 g/mol. The van der Waals surface area contributed by atoms with Crippen LogP contribution in [0.1, 0.15) is 99.8 Å². The van der Waals surface area contributed by atoms with Crippen LogP contribution in [0.4, 0.5) is 0 Å². The fraction of sp³-hybridized carbons (Fsp3) is 0.867. The third-order valence-corrected chi connectivity index (χ3v) is 8.40. The minimum atomic E-state index is -1.30. The van der Waals surface area contributed by atoms with E-state index in [0.717, 1.165) is 19.3 Å². The summed E-state index contributed by atoms with van der Waals surface area (Å²) in [7, 11) is 0. The first-order valence-electron chi connectivity index (χ1n) is 14.5. The number of carbonyl (C=O) groups excluding carboxylic acids is 2. The zero-order valence-corrected chi connectivity index (χ0v) is 24.5. The Labute approximate surface area is 229 Å². The molecule has 2 rings (SSSR count). The Balaban J connectivity index is 1.99. The van der Waals surface area contributed by atoms with Crippen molar-refractivity contribution in [1.82, 2.24) is 0 Å². The van der Waals surface area contributed by atoms with Crippen molar-refractivity contribution >= 4 is 11.9 Å². The summed E-state index contributed by atoms with van der Waals surface area (Å²) in [6, 6.07) is 0. The highest BCUT2D eigenvalue weighted by Crippen LogP contribution is 2.37. The Morgan fingerprint density at radius 3 is 2.53 bits per heavy atom. The number of ether oxygens (including phenoxy) is 3. The van der Waals surface area contributed by atoms with Crippen LogP contribution in [-0.4, -0.2) is 69.5 Å². The minimum Gasteiger partial charge on any atom is -0.462 e. The van der Waals surface area contributed by atoms with E-state index < -0.39 is 29.7 Å². The van der Waals surface area contributed by atoms with E-state index in [9.17, 15) is 24.9 Å². The summed E-state index contributed by atoms with van der Waals surface area (Å²) in [4.78, 5) is 24.3. The molecule has 0 saturated carbocycles. The molecule has 0 spiro atoms. The Kier molecular flexibility index (Phi) is 12.7. The maximum atomic E-state index is 12.6. The molecule has 3 N–H and O–H groups in total. The standard InChI is InChI=1S/C30H52O8/c1-8-24(33)21(5)29-25(37-29)16-18(2)10-9-11-19(3)28-20(4)12-13-26(36-22(6)31)30(7,35)15-14-23(32)17-27(34)38-28/h9-10,18-21,23-26,28-29,32-33,35H,8,11-17H2,1-7H3. The summed E-state index contributed by atoms with van der Waals surface area (Å²) in [5.41, 5.74) is -1.30. The predicted molar refractivity (Wildman–Crippen MR) is 145 cm³/mol. The largest absolute Gasteiger partial charge is 0.462 e. The molecule has 11 unspecified atom stereocenters. The number of allylic oxidation sites excluding steroid dienone is 2. The highest BCUT2D eigenvalue weighted by molar-refractivity contribution is 5.70. The summed E-state index contributed by atoms with van der Waals surface area (Å²) in [5.74, 6) is -0.421. The van der Waals surface area contributed by atoms with Gasteiger partial charge in [0, 0.05) is 12.8 Å². The molecular formula is C30H52O8. The van der Waals surface area contributed by atoms with Crippen molar-refractivity contribution in [3.8, 4) is 0 Å². The highest BCUT2D eigenvalue weighted by Gasteiger charge is 2.45. The Morgan fingerprint density at radius 2 is 1.89 bits per heavy atom. The van der Waals surface area contributed by atoms with E-state index in [1.807, 2.05) is 20.8 Å². The maximum absolute atomic E-state index is 12.6. The smallest absolute Gasteiger partial charge is 0.308 e. The average Bonchev–Trinajstić information content (AvgIpc) is 3.60. The van der Waals surface area contributed by atoms with Crippen molar-refractivity contribution in [3.05, 3.63) is 12.2 Å². The molecule has 0 bridgehead atoms. The molecule has 2 aliphatic heterocycles. The van der Waals surface area contributed by atoms with E-state index in [4.69, 9.17) is 14.2 Å². The second-order valence-electron chi connectivity index (χ2n) is 12.2. The third kappa shape index (κ3) is 10.2. The van der Waals surface area contributed by atoms with E-state index in [1.54, 1.807) is 6.92 Å². The summed E-state index contributed by atoms with van der Waals surface area (Å²) in [5, 5.41) is 31.4. The second-order valence-corrected chi connectivity index (χ2v) is 12.2. The van der Waals surface area contributed by atoms with Gasteiger partial charge in [-0.15, -0.1) is 0 Å². The third-order valence-electron chi connectivity index (χ3n) is 8.40. The van der Waals surface area contributed by atoms with Gasteiger partial charge < -0.3 is 29.5 Å². The molecule has 11 atom stereocenters. The van der Waals surface area contributed by atoms with Crippen molar-refractivity contribution < 1.29 is 39.1 Å². The Hall–Kier alpha value is -1.48. The summed E-state index contributed by atoms with van der Waals surface area (Å²) < 4.78 is 17.2. The number of hydrogen-bond acceptors (Lipinski definition) is 8. The van der Waals surface area contributed by atoms with Gasteiger partial charge in [0.15, 0.2) is 0 Å². The number of aliphatic hydroxyl groups is 3. The number of carbonyl (C=O) groups is 2. The number of cyclic esters (lactones) is 1. The first-order valence-corrected chi connectivity index (χ1v) is 14.5. The van der Waals surface area contributed by atoms with Gasteiger partial charge in [0.1, 0.15) is 12.2 Å². The topological polar surface area (TPSA) is 126 Å². The maximum Gasteiger partial charge on any atom is 0.308 e. The van der Waals surface area contributed by atoms with E-state index in [1.165, 1.54) is 6.92 Å². The van der Waals surface area contributed by atoms with Crippen LogP contribution in [0, 0.1) is 23.7 Å². The van der Waals surface area contributed by atoms with Crippen LogP contribution in [0.3, 0.4) is 0 Å². The van der Waals surface area contributed by atoms with Gasteiger partial charge >= 0.3 is 11.9 Å². The first-order chi connectivity index (χ1) is 17.7. The number of hydrogen-bond donors (Lipinski definition) is 3. The summed E-state index contributed by atoms with van der Waals surface area (Å²) in [6.07, 6.45) is 5.97. The van der Waals surface area contributed by atoms with E-state index in [2.05, 4.69) is 26.0 Å². The van der Waals surface area contributed by atoms with Crippen LogP contribution in [-0.2, 0) is 23.8 Å². The highest BCUT2D eigenvalue weighted by atomic mass is 16.6. The Morgan fingerprint density at radius 1 is 1.21 bits per heavy atom. The van der Waals surface area contributed by atoms with E-state index in [0.29, 0.717) is 18.8 Å². The van der Waals surface area contributed by atoms with Crippen molar-refractivity contribution in [2.75, 3.05) is 0 Å². The van der Waals surface area contributed by atoms with Gasteiger partial charge in [-0.25, -0.2) is 0 Å². The fourth-order valence-electron chi connectivity index (χ4n) is 5.69. The average molecular weight is 541 g/mol.